The van der Waals surface area contributed by atoms with E-state index >= 15 is 0 Å². The molecule has 216 valence electrons. The maximum atomic E-state index is 10.8. The van der Waals surface area contributed by atoms with E-state index in [-0.39, 0.29) is 19.6 Å². The minimum Gasteiger partial charge on any atom is -0.481 e. The van der Waals surface area contributed by atoms with Gasteiger partial charge in [0.2, 0.25) is 0 Å². The molecule has 0 saturated heterocycles. The number of unbranched alkanes of at least 4 members (excludes halogenated alkanes) is 8. The molecule has 8 nitrogen and oxygen atoms in total. The quantitative estimate of drug-likeness (QED) is 0.125. The highest BCUT2D eigenvalue weighted by Gasteiger charge is 2.17. The summed E-state index contributed by atoms with van der Waals surface area (Å²) in [4.78, 5) is 25.7. The van der Waals surface area contributed by atoms with Crippen LogP contribution in [0.15, 0.2) is 12.2 Å². The summed E-state index contributed by atoms with van der Waals surface area (Å²) >= 11 is 0. The summed E-state index contributed by atoms with van der Waals surface area (Å²) in [7, 11) is 0. The number of carbonyl (C=O) groups is 2. The largest absolute Gasteiger partial charge is 0.481 e. The van der Waals surface area contributed by atoms with Crippen LogP contribution in [-0.2, 0) is 9.59 Å². The SMILES string of the molecule is CCCCCCCCCCC=CC(CC(=O)O)C(=O)O.CCN(CC)CCO.CCN(CC)CCO. The van der Waals surface area contributed by atoms with Crippen molar-refractivity contribution >= 4 is 11.9 Å². The van der Waals surface area contributed by atoms with E-state index in [0.29, 0.717) is 0 Å². The zero-order valence-corrected chi connectivity index (χ0v) is 24.0. The molecule has 0 aliphatic rings. The molecule has 0 bridgehead atoms. The zero-order chi connectivity index (χ0) is 28.0. The molecule has 0 saturated carbocycles. The molecule has 0 heterocycles. The van der Waals surface area contributed by atoms with E-state index in [0.717, 1.165) is 58.5 Å². The van der Waals surface area contributed by atoms with Crippen LogP contribution in [0, 0.1) is 5.92 Å². The van der Waals surface area contributed by atoms with E-state index in [2.05, 4.69) is 44.4 Å². The van der Waals surface area contributed by atoms with Crippen molar-refractivity contribution in [2.24, 2.45) is 5.92 Å². The van der Waals surface area contributed by atoms with Gasteiger partial charge in [0.05, 0.1) is 25.6 Å². The first-order valence-corrected chi connectivity index (χ1v) is 14.0. The van der Waals surface area contributed by atoms with Gasteiger partial charge in [0.1, 0.15) is 0 Å². The molecule has 1 unspecified atom stereocenters. The van der Waals surface area contributed by atoms with Gasteiger partial charge in [0.15, 0.2) is 0 Å². The van der Waals surface area contributed by atoms with Gasteiger partial charge in [-0.25, -0.2) is 0 Å². The summed E-state index contributed by atoms with van der Waals surface area (Å²) in [6, 6.07) is 0. The van der Waals surface area contributed by atoms with Crippen molar-refractivity contribution in [2.45, 2.75) is 98.8 Å². The monoisotopic (exact) mass is 518 g/mol. The third kappa shape index (κ3) is 30.6. The highest BCUT2D eigenvalue weighted by Crippen LogP contribution is 2.11. The van der Waals surface area contributed by atoms with Crippen molar-refractivity contribution in [1.82, 2.24) is 9.80 Å². The smallest absolute Gasteiger partial charge is 0.310 e. The summed E-state index contributed by atoms with van der Waals surface area (Å²) in [6.45, 7) is 16.9. The minimum absolute atomic E-state index is 0.279. The van der Waals surface area contributed by atoms with Crippen LogP contribution in [0.5, 0.6) is 0 Å². The molecule has 0 aliphatic carbocycles. The van der Waals surface area contributed by atoms with Gasteiger partial charge in [-0.2, -0.15) is 0 Å². The van der Waals surface area contributed by atoms with Crippen LogP contribution >= 0.6 is 0 Å². The Kier molecular flexibility index (Phi) is 34.2. The van der Waals surface area contributed by atoms with E-state index < -0.39 is 17.9 Å². The second-order valence-corrected chi connectivity index (χ2v) is 8.74. The summed E-state index contributed by atoms with van der Waals surface area (Å²) in [5.74, 6) is -3.05. The van der Waals surface area contributed by atoms with Gasteiger partial charge >= 0.3 is 11.9 Å². The number of likely N-dealkylation sites (N-methyl/N-ethyl adjacent to an activating group) is 2. The summed E-state index contributed by atoms with van der Waals surface area (Å²) in [5.41, 5.74) is 0. The fourth-order valence-corrected chi connectivity index (χ4v) is 3.44. The predicted octanol–water partition coefficient (Wildman–Crippen LogP) is 4.89. The Labute approximate surface area is 221 Å². The summed E-state index contributed by atoms with van der Waals surface area (Å²) in [5, 5.41) is 34.4. The Bertz CT molecular complexity index is 480. The van der Waals surface area contributed by atoms with Crippen molar-refractivity contribution in [3.05, 3.63) is 12.2 Å². The van der Waals surface area contributed by atoms with Crippen LogP contribution < -0.4 is 0 Å². The van der Waals surface area contributed by atoms with Gasteiger partial charge in [-0.1, -0.05) is 91.7 Å². The molecule has 36 heavy (non-hydrogen) atoms. The Hall–Kier alpha value is -1.48. The molecular formula is C28H58N2O6. The Morgan fingerprint density at radius 1 is 0.694 bits per heavy atom. The van der Waals surface area contributed by atoms with Gasteiger partial charge in [-0.05, 0) is 39.0 Å². The maximum absolute atomic E-state index is 10.8. The first kappa shape index (κ1) is 39.0. The molecule has 0 amide bonds. The van der Waals surface area contributed by atoms with Crippen LogP contribution in [-0.4, -0.2) is 94.6 Å². The zero-order valence-electron chi connectivity index (χ0n) is 24.0. The molecule has 0 fully saturated rings. The third-order valence-electron chi connectivity index (χ3n) is 5.93. The second kappa shape index (κ2) is 31.5. The van der Waals surface area contributed by atoms with Crippen LogP contribution in [0.1, 0.15) is 98.8 Å². The van der Waals surface area contributed by atoms with Crippen molar-refractivity contribution in [3.8, 4) is 0 Å². The molecule has 0 radical (unpaired) electrons. The fourth-order valence-electron chi connectivity index (χ4n) is 3.44. The lowest BCUT2D eigenvalue weighted by Gasteiger charge is -2.15. The Balaban J connectivity index is -0.000000557. The first-order valence-electron chi connectivity index (χ1n) is 14.0. The lowest BCUT2D eigenvalue weighted by Crippen LogP contribution is -2.25. The molecule has 0 aromatic carbocycles. The predicted molar refractivity (Wildman–Crippen MR) is 149 cm³/mol. The van der Waals surface area contributed by atoms with Crippen LogP contribution in [0.3, 0.4) is 0 Å². The third-order valence-corrected chi connectivity index (χ3v) is 5.93. The number of carboxylic acid groups (broad SMARTS) is 2. The molecule has 0 rings (SSSR count). The van der Waals surface area contributed by atoms with E-state index in [9.17, 15) is 9.59 Å². The van der Waals surface area contributed by atoms with E-state index in [1.54, 1.807) is 6.08 Å². The number of hydrogen-bond donors (Lipinski definition) is 4. The molecule has 0 aromatic rings. The second-order valence-electron chi connectivity index (χ2n) is 8.74. The van der Waals surface area contributed by atoms with Crippen LogP contribution in [0.25, 0.3) is 0 Å². The van der Waals surface area contributed by atoms with Gasteiger partial charge in [-0.3, -0.25) is 9.59 Å². The maximum Gasteiger partial charge on any atom is 0.310 e. The molecule has 0 spiro atoms. The average Bonchev–Trinajstić information content (AvgIpc) is 2.86. The van der Waals surface area contributed by atoms with Crippen molar-refractivity contribution in [2.75, 3.05) is 52.5 Å². The average molecular weight is 519 g/mol. The number of aliphatic carboxylic acids is 2. The van der Waals surface area contributed by atoms with Crippen molar-refractivity contribution < 1.29 is 30.0 Å². The van der Waals surface area contributed by atoms with Gasteiger partial charge in [-0.15, -0.1) is 0 Å². The number of aliphatic hydroxyl groups is 2. The topological polar surface area (TPSA) is 122 Å². The Morgan fingerprint density at radius 3 is 1.42 bits per heavy atom. The van der Waals surface area contributed by atoms with Gasteiger partial charge in [0, 0.05) is 13.1 Å². The van der Waals surface area contributed by atoms with Crippen molar-refractivity contribution in [3.63, 3.8) is 0 Å². The number of rotatable bonds is 21. The normalized spacial score (nSPS) is 11.7. The Morgan fingerprint density at radius 2 is 1.11 bits per heavy atom. The minimum atomic E-state index is -1.07. The molecule has 8 heteroatoms. The summed E-state index contributed by atoms with van der Waals surface area (Å²) in [6.07, 6.45) is 13.7. The van der Waals surface area contributed by atoms with Gasteiger partial charge in [0.25, 0.3) is 0 Å². The van der Waals surface area contributed by atoms with E-state index in [4.69, 9.17) is 20.4 Å². The van der Waals surface area contributed by atoms with Crippen molar-refractivity contribution in [1.29, 1.82) is 0 Å². The van der Waals surface area contributed by atoms with E-state index in [1.807, 2.05) is 0 Å². The summed E-state index contributed by atoms with van der Waals surface area (Å²) < 4.78 is 0. The molecular weight excluding hydrogens is 460 g/mol. The highest BCUT2D eigenvalue weighted by atomic mass is 16.4. The van der Waals surface area contributed by atoms with Crippen LogP contribution in [0.4, 0.5) is 0 Å². The van der Waals surface area contributed by atoms with Crippen LogP contribution in [0.2, 0.25) is 0 Å². The lowest BCUT2D eigenvalue weighted by atomic mass is 10.0. The molecule has 1 atom stereocenters. The molecule has 4 N–H and O–H groups in total. The number of aliphatic hydroxyl groups excluding tert-OH is 2. The molecule has 0 aliphatic heterocycles. The number of nitrogens with zero attached hydrogens (tertiary/aromatic N) is 2. The standard InChI is InChI=1S/C16H28O4.2C6H15NO/c1-2-3-4-5-6-7-8-9-10-11-12-14(16(19)20)13-15(17)18;2*1-3-7(4-2)5-6-8/h11-12,14H,2-10,13H2,1H3,(H,17,18)(H,19,20);2*8H,3-6H2,1-2H3. The number of carboxylic acids is 2. The fraction of sp³-hybridized carbons (Fsp3) is 0.857. The number of hydrogen-bond acceptors (Lipinski definition) is 6. The number of allylic oxidation sites excluding steroid dienone is 1. The lowest BCUT2D eigenvalue weighted by molar-refractivity contribution is -0.146. The highest BCUT2D eigenvalue weighted by molar-refractivity contribution is 5.79. The first-order chi connectivity index (χ1) is 17.3. The van der Waals surface area contributed by atoms with E-state index in [1.165, 1.54) is 44.6 Å². The molecule has 0 aromatic heterocycles. The van der Waals surface area contributed by atoms with Gasteiger partial charge < -0.3 is 30.2 Å².